The van der Waals surface area contributed by atoms with Crippen molar-refractivity contribution in [3.63, 3.8) is 0 Å². The molecule has 0 aliphatic heterocycles. The van der Waals surface area contributed by atoms with Crippen molar-refractivity contribution in [3.8, 4) is 22.6 Å². The lowest BCUT2D eigenvalue weighted by Crippen LogP contribution is -2.10. The van der Waals surface area contributed by atoms with Crippen LogP contribution < -0.4 is 0 Å². The molecule has 122 valence electrons. The Hall–Kier alpha value is -2.95. The van der Waals surface area contributed by atoms with Crippen molar-refractivity contribution in [2.24, 2.45) is 0 Å². The zero-order valence-corrected chi connectivity index (χ0v) is 13.9. The highest BCUT2D eigenvalue weighted by Gasteiger charge is 2.19. The van der Waals surface area contributed by atoms with Crippen LogP contribution in [0, 0.1) is 0 Å². The number of carboxylic acid groups (broad SMARTS) is 1. The van der Waals surface area contributed by atoms with Gasteiger partial charge in [0.05, 0.1) is 0 Å². The Kier molecular flexibility index (Phi) is 3.93. The van der Waals surface area contributed by atoms with E-state index in [4.69, 9.17) is 0 Å². The number of carboxylic acids is 1. The Morgan fingerprint density at radius 3 is 2.17 bits per heavy atom. The third-order valence-corrected chi connectivity index (χ3v) is 3.90. The summed E-state index contributed by atoms with van der Waals surface area (Å²) in [5.74, 6) is -0.494. The van der Waals surface area contributed by atoms with Gasteiger partial charge in [0.1, 0.15) is 11.5 Å². The van der Waals surface area contributed by atoms with Crippen molar-refractivity contribution in [2.45, 2.75) is 26.2 Å². The van der Waals surface area contributed by atoms with Gasteiger partial charge in [-0.25, -0.2) is 9.78 Å². The molecular formula is C19H19N3O2. The average molecular weight is 321 g/mol. The zero-order valence-electron chi connectivity index (χ0n) is 13.9. The number of aromatic amines is 1. The fourth-order valence-corrected chi connectivity index (χ4v) is 2.51. The molecule has 0 atom stereocenters. The van der Waals surface area contributed by atoms with E-state index in [-0.39, 0.29) is 11.1 Å². The maximum Gasteiger partial charge on any atom is 0.354 e. The van der Waals surface area contributed by atoms with Gasteiger partial charge in [0.2, 0.25) is 0 Å². The minimum atomic E-state index is -1.04. The van der Waals surface area contributed by atoms with E-state index in [0.717, 1.165) is 11.1 Å². The monoisotopic (exact) mass is 321 g/mol. The predicted molar refractivity (Wildman–Crippen MR) is 92.9 cm³/mol. The third-order valence-electron chi connectivity index (χ3n) is 3.90. The van der Waals surface area contributed by atoms with Gasteiger partial charge in [-0.3, -0.25) is 4.98 Å². The van der Waals surface area contributed by atoms with Crippen molar-refractivity contribution in [1.29, 1.82) is 0 Å². The van der Waals surface area contributed by atoms with Crippen LogP contribution >= 0.6 is 0 Å². The second-order valence-corrected chi connectivity index (χ2v) is 6.68. The van der Waals surface area contributed by atoms with Crippen LogP contribution in [0.5, 0.6) is 0 Å². The van der Waals surface area contributed by atoms with Gasteiger partial charge < -0.3 is 10.1 Å². The van der Waals surface area contributed by atoms with E-state index in [1.54, 1.807) is 24.5 Å². The maximum absolute atomic E-state index is 11.5. The van der Waals surface area contributed by atoms with E-state index in [0.29, 0.717) is 11.5 Å². The van der Waals surface area contributed by atoms with E-state index in [1.807, 2.05) is 24.3 Å². The first kappa shape index (κ1) is 15.9. The van der Waals surface area contributed by atoms with Crippen molar-refractivity contribution in [3.05, 3.63) is 60.0 Å². The Labute approximate surface area is 140 Å². The largest absolute Gasteiger partial charge is 0.477 e. The van der Waals surface area contributed by atoms with Crippen LogP contribution in [-0.2, 0) is 5.41 Å². The number of nitrogens with one attached hydrogen (secondary N) is 1. The SMILES string of the molecule is CC(C)(C)c1ccc(-c2nc(-c3ccncc3)c(C(=O)O)[nH]2)cc1. The third kappa shape index (κ3) is 3.06. The van der Waals surface area contributed by atoms with E-state index in [2.05, 4.69) is 35.7 Å². The molecule has 24 heavy (non-hydrogen) atoms. The molecule has 0 saturated heterocycles. The summed E-state index contributed by atoms with van der Waals surface area (Å²) in [5.41, 5.74) is 3.35. The van der Waals surface area contributed by atoms with Gasteiger partial charge in [0, 0.05) is 23.5 Å². The number of benzene rings is 1. The molecule has 3 aromatic rings. The highest BCUT2D eigenvalue weighted by molar-refractivity contribution is 5.94. The van der Waals surface area contributed by atoms with Crippen molar-refractivity contribution < 1.29 is 9.90 Å². The lowest BCUT2D eigenvalue weighted by Gasteiger charge is -2.18. The van der Waals surface area contributed by atoms with Crippen molar-refractivity contribution >= 4 is 5.97 Å². The number of H-pyrrole nitrogens is 1. The van der Waals surface area contributed by atoms with Crippen molar-refractivity contribution in [1.82, 2.24) is 15.0 Å². The second kappa shape index (κ2) is 5.92. The first-order valence-electron chi connectivity index (χ1n) is 7.71. The van der Waals surface area contributed by atoms with Crippen LogP contribution in [0.1, 0.15) is 36.8 Å². The minimum Gasteiger partial charge on any atom is -0.477 e. The highest BCUT2D eigenvalue weighted by Crippen LogP contribution is 2.28. The summed E-state index contributed by atoms with van der Waals surface area (Å²) in [6.45, 7) is 6.46. The molecule has 3 rings (SSSR count). The second-order valence-electron chi connectivity index (χ2n) is 6.68. The number of hydrogen-bond acceptors (Lipinski definition) is 3. The van der Waals surface area contributed by atoms with Crippen LogP contribution in [0.2, 0.25) is 0 Å². The van der Waals surface area contributed by atoms with E-state index in [9.17, 15) is 9.90 Å². The molecule has 0 aliphatic rings. The molecule has 1 aromatic carbocycles. The molecule has 5 heteroatoms. The van der Waals surface area contributed by atoms with Crippen molar-refractivity contribution in [2.75, 3.05) is 0 Å². The van der Waals surface area contributed by atoms with Gasteiger partial charge >= 0.3 is 5.97 Å². The fraction of sp³-hybridized carbons (Fsp3) is 0.211. The number of nitrogens with zero attached hydrogens (tertiary/aromatic N) is 2. The molecule has 0 amide bonds. The molecule has 0 spiro atoms. The van der Waals surface area contributed by atoms with Crippen LogP contribution in [0.4, 0.5) is 0 Å². The number of pyridine rings is 1. The van der Waals surface area contributed by atoms with Crippen LogP contribution in [0.25, 0.3) is 22.6 Å². The van der Waals surface area contributed by atoms with Gasteiger partial charge in [-0.1, -0.05) is 45.0 Å². The fourth-order valence-electron chi connectivity index (χ4n) is 2.51. The van der Waals surface area contributed by atoms with E-state index >= 15 is 0 Å². The summed E-state index contributed by atoms with van der Waals surface area (Å²) in [4.78, 5) is 22.9. The van der Waals surface area contributed by atoms with Gasteiger partial charge in [0.15, 0.2) is 5.69 Å². The Morgan fingerprint density at radius 2 is 1.62 bits per heavy atom. The number of aromatic carboxylic acids is 1. The summed E-state index contributed by atoms with van der Waals surface area (Å²) < 4.78 is 0. The molecule has 0 aliphatic carbocycles. The first-order valence-corrected chi connectivity index (χ1v) is 7.71. The number of imidazole rings is 1. The van der Waals surface area contributed by atoms with Gasteiger partial charge in [0.25, 0.3) is 0 Å². The summed E-state index contributed by atoms with van der Waals surface area (Å²) in [6, 6.07) is 11.5. The zero-order chi connectivity index (χ0) is 17.3. The molecule has 2 heterocycles. The molecule has 2 N–H and O–H groups in total. The number of hydrogen-bond donors (Lipinski definition) is 2. The molecule has 0 bridgehead atoms. The lowest BCUT2D eigenvalue weighted by atomic mass is 9.87. The minimum absolute atomic E-state index is 0.0656. The summed E-state index contributed by atoms with van der Waals surface area (Å²) in [7, 11) is 0. The average Bonchev–Trinajstić information content (AvgIpc) is 3.00. The summed E-state index contributed by atoms with van der Waals surface area (Å²) >= 11 is 0. The van der Waals surface area contributed by atoms with E-state index in [1.165, 1.54) is 5.56 Å². The standard InChI is InChI=1S/C19H19N3O2/c1-19(2,3)14-6-4-13(5-7-14)17-21-15(16(22-17)18(23)24)12-8-10-20-11-9-12/h4-11H,1-3H3,(H,21,22)(H,23,24). The maximum atomic E-state index is 11.5. The molecule has 2 aromatic heterocycles. The lowest BCUT2D eigenvalue weighted by molar-refractivity contribution is 0.0692. The van der Waals surface area contributed by atoms with E-state index < -0.39 is 5.97 Å². The van der Waals surface area contributed by atoms with Crippen LogP contribution in [-0.4, -0.2) is 26.0 Å². The summed E-state index contributed by atoms with van der Waals surface area (Å²) in [6.07, 6.45) is 3.24. The quantitative estimate of drug-likeness (QED) is 0.760. The Bertz CT molecular complexity index is 860. The Morgan fingerprint density at radius 1 is 1.00 bits per heavy atom. The molecule has 0 unspecified atom stereocenters. The number of carbonyl (C=O) groups is 1. The molecule has 5 nitrogen and oxygen atoms in total. The summed E-state index contributed by atoms with van der Waals surface area (Å²) in [5, 5.41) is 9.45. The molecule has 0 fully saturated rings. The van der Waals surface area contributed by atoms with Gasteiger partial charge in [-0.2, -0.15) is 0 Å². The van der Waals surface area contributed by atoms with Gasteiger partial charge in [-0.15, -0.1) is 0 Å². The molecule has 0 radical (unpaired) electrons. The first-order chi connectivity index (χ1) is 11.4. The van der Waals surface area contributed by atoms with Crippen LogP contribution in [0.3, 0.4) is 0 Å². The van der Waals surface area contributed by atoms with Crippen LogP contribution in [0.15, 0.2) is 48.8 Å². The number of rotatable bonds is 3. The molecule has 0 saturated carbocycles. The van der Waals surface area contributed by atoms with Gasteiger partial charge in [-0.05, 0) is 23.1 Å². The predicted octanol–water partition coefficient (Wildman–Crippen LogP) is 4.13. The topological polar surface area (TPSA) is 78.9 Å². The highest BCUT2D eigenvalue weighted by atomic mass is 16.4. The number of aromatic nitrogens is 3. The smallest absolute Gasteiger partial charge is 0.354 e. The normalized spacial score (nSPS) is 11.5. The Balaban J connectivity index is 2.05. The molecular weight excluding hydrogens is 302 g/mol.